The maximum Gasteiger partial charge on any atom is 0.247 e. The normalized spacial score (nSPS) is 11.2. The summed E-state index contributed by atoms with van der Waals surface area (Å²) in [7, 11) is 0. The van der Waals surface area contributed by atoms with Gasteiger partial charge in [0.05, 0.1) is 0 Å². The molecule has 0 bridgehead atoms. The van der Waals surface area contributed by atoms with Crippen molar-refractivity contribution in [1.29, 1.82) is 0 Å². The summed E-state index contributed by atoms with van der Waals surface area (Å²) < 4.78 is 5.70. The average molecular weight is 273 g/mol. The van der Waals surface area contributed by atoms with Crippen LogP contribution in [0.15, 0.2) is 28.7 Å². The average Bonchev–Trinajstić information content (AvgIpc) is 2.92. The largest absolute Gasteiger partial charge is 0.421 e. The number of benzene rings is 1. The van der Waals surface area contributed by atoms with Gasteiger partial charge in [-0.25, -0.2) is 0 Å². The number of aryl methyl sites for hydroxylation is 2. The Hall–Kier alpha value is -1.68. The lowest BCUT2D eigenvalue weighted by Crippen LogP contribution is -2.23. The molecule has 0 saturated carbocycles. The zero-order valence-corrected chi connectivity index (χ0v) is 12.5. The molecule has 0 fully saturated rings. The lowest BCUT2D eigenvalue weighted by atomic mass is 10.1. The molecule has 0 aliphatic carbocycles. The second kappa shape index (κ2) is 7.20. The molecule has 108 valence electrons. The van der Waals surface area contributed by atoms with E-state index in [0.29, 0.717) is 17.8 Å². The SMILES string of the molecule is CCc1ccc(-c2nnc(CCCNC(C)C)o2)cc1. The fraction of sp³-hybridized carbons (Fsp3) is 0.500. The maximum atomic E-state index is 5.70. The minimum atomic E-state index is 0.519. The molecule has 20 heavy (non-hydrogen) atoms. The second-order valence-corrected chi connectivity index (χ2v) is 5.26. The van der Waals surface area contributed by atoms with E-state index in [1.54, 1.807) is 0 Å². The molecule has 2 rings (SSSR count). The third-order valence-electron chi connectivity index (χ3n) is 3.20. The van der Waals surface area contributed by atoms with E-state index in [4.69, 9.17) is 4.42 Å². The minimum absolute atomic E-state index is 0.519. The van der Waals surface area contributed by atoms with Gasteiger partial charge in [-0.3, -0.25) is 0 Å². The van der Waals surface area contributed by atoms with Crippen molar-refractivity contribution in [3.05, 3.63) is 35.7 Å². The molecule has 0 amide bonds. The third kappa shape index (κ3) is 4.17. The number of hydrogen-bond acceptors (Lipinski definition) is 4. The lowest BCUT2D eigenvalue weighted by molar-refractivity contribution is 0.484. The molecule has 0 spiro atoms. The Morgan fingerprint density at radius 2 is 1.90 bits per heavy atom. The van der Waals surface area contributed by atoms with E-state index in [-0.39, 0.29) is 0 Å². The molecule has 0 unspecified atom stereocenters. The van der Waals surface area contributed by atoms with E-state index < -0.39 is 0 Å². The van der Waals surface area contributed by atoms with E-state index in [9.17, 15) is 0 Å². The predicted molar refractivity (Wildman–Crippen MR) is 80.6 cm³/mol. The van der Waals surface area contributed by atoms with Crippen molar-refractivity contribution in [2.75, 3.05) is 6.54 Å². The molecule has 4 nitrogen and oxygen atoms in total. The molecule has 0 radical (unpaired) electrons. The number of aromatic nitrogens is 2. The van der Waals surface area contributed by atoms with Crippen molar-refractivity contribution in [2.45, 2.75) is 46.1 Å². The molecule has 0 aliphatic heterocycles. The summed E-state index contributed by atoms with van der Waals surface area (Å²) in [4.78, 5) is 0. The first-order valence-electron chi connectivity index (χ1n) is 7.34. The monoisotopic (exact) mass is 273 g/mol. The van der Waals surface area contributed by atoms with Gasteiger partial charge in [0.1, 0.15) is 0 Å². The van der Waals surface area contributed by atoms with Gasteiger partial charge in [0.15, 0.2) is 0 Å². The summed E-state index contributed by atoms with van der Waals surface area (Å²) in [5, 5.41) is 11.6. The van der Waals surface area contributed by atoms with E-state index in [2.05, 4.69) is 48.4 Å². The highest BCUT2D eigenvalue weighted by Crippen LogP contribution is 2.19. The minimum Gasteiger partial charge on any atom is -0.421 e. The van der Waals surface area contributed by atoms with E-state index in [1.807, 2.05) is 12.1 Å². The molecule has 1 aromatic carbocycles. The Bertz CT molecular complexity index is 517. The van der Waals surface area contributed by atoms with Crippen molar-refractivity contribution in [3.8, 4) is 11.5 Å². The molecular formula is C16H23N3O. The van der Waals surface area contributed by atoms with Crippen LogP contribution in [0.2, 0.25) is 0 Å². The molecule has 1 heterocycles. The Kier molecular flexibility index (Phi) is 5.30. The fourth-order valence-electron chi connectivity index (χ4n) is 1.98. The first-order chi connectivity index (χ1) is 9.69. The zero-order chi connectivity index (χ0) is 14.4. The van der Waals surface area contributed by atoms with Crippen LogP contribution in [0.1, 0.15) is 38.6 Å². The number of nitrogens with one attached hydrogen (secondary N) is 1. The standard InChI is InChI=1S/C16H23N3O/c1-4-13-7-9-14(10-8-13)16-19-18-15(20-16)6-5-11-17-12(2)3/h7-10,12,17H,4-6,11H2,1-3H3. The van der Waals surface area contributed by atoms with Gasteiger partial charge < -0.3 is 9.73 Å². The van der Waals surface area contributed by atoms with Crippen molar-refractivity contribution in [3.63, 3.8) is 0 Å². The fourth-order valence-corrected chi connectivity index (χ4v) is 1.98. The van der Waals surface area contributed by atoms with E-state index >= 15 is 0 Å². The van der Waals surface area contributed by atoms with Gasteiger partial charge >= 0.3 is 0 Å². The van der Waals surface area contributed by atoms with Crippen LogP contribution < -0.4 is 5.32 Å². The maximum absolute atomic E-state index is 5.70. The third-order valence-corrected chi connectivity index (χ3v) is 3.20. The Morgan fingerprint density at radius 3 is 2.55 bits per heavy atom. The molecule has 4 heteroatoms. The van der Waals surface area contributed by atoms with Crippen LogP contribution in [0.4, 0.5) is 0 Å². The quantitative estimate of drug-likeness (QED) is 0.787. The molecule has 0 aliphatic rings. The van der Waals surface area contributed by atoms with Crippen LogP contribution in [0.5, 0.6) is 0 Å². The summed E-state index contributed by atoms with van der Waals surface area (Å²) in [6, 6.07) is 8.80. The van der Waals surface area contributed by atoms with Gasteiger partial charge in [-0.2, -0.15) is 0 Å². The van der Waals surface area contributed by atoms with Crippen LogP contribution in [0.3, 0.4) is 0 Å². The van der Waals surface area contributed by atoms with Crippen LogP contribution in [-0.4, -0.2) is 22.8 Å². The summed E-state index contributed by atoms with van der Waals surface area (Å²) in [5.41, 5.74) is 2.30. The number of hydrogen-bond donors (Lipinski definition) is 1. The van der Waals surface area contributed by atoms with Gasteiger partial charge in [-0.1, -0.05) is 32.9 Å². The summed E-state index contributed by atoms with van der Waals surface area (Å²) in [5.74, 6) is 1.32. The topological polar surface area (TPSA) is 51.0 Å². The smallest absolute Gasteiger partial charge is 0.247 e. The van der Waals surface area contributed by atoms with Crippen molar-refractivity contribution < 1.29 is 4.42 Å². The molecule has 0 atom stereocenters. The van der Waals surface area contributed by atoms with Gasteiger partial charge in [0.2, 0.25) is 11.8 Å². The van der Waals surface area contributed by atoms with E-state index in [1.165, 1.54) is 5.56 Å². The predicted octanol–water partition coefficient (Wildman–Crippen LogP) is 3.23. The molecular weight excluding hydrogens is 250 g/mol. The Morgan fingerprint density at radius 1 is 1.15 bits per heavy atom. The van der Waals surface area contributed by atoms with E-state index in [0.717, 1.165) is 31.4 Å². The highest BCUT2D eigenvalue weighted by Gasteiger charge is 2.08. The highest BCUT2D eigenvalue weighted by atomic mass is 16.4. The summed E-state index contributed by atoms with van der Waals surface area (Å²) in [6.45, 7) is 7.40. The number of nitrogens with zero attached hydrogens (tertiary/aromatic N) is 2. The number of rotatable bonds is 7. The van der Waals surface area contributed by atoms with Gasteiger partial charge in [-0.05, 0) is 37.1 Å². The first-order valence-corrected chi connectivity index (χ1v) is 7.34. The lowest BCUT2D eigenvalue weighted by Gasteiger charge is -2.05. The second-order valence-electron chi connectivity index (χ2n) is 5.26. The molecule has 1 aromatic heterocycles. The van der Waals surface area contributed by atoms with Gasteiger partial charge in [-0.15, -0.1) is 10.2 Å². The Labute approximate surface area is 120 Å². The van der Waals surface area contributed by atoms with Gasteiger partial charge in [0.25, 0.3) is 0 Å². The van der Waals surface area contributed by atoms with Crippen molar-refractivity contribution in [1.82, 2.24) is 15.5 Å². The molecule has 2 aromatic rings. The summed E-state index contributed by atoms with van der Waals surface area (Å²) in [6.07, 6.45) is 2.87. The van der Waals surface area contributed by atoms with Crippen molar-refractivity contribution in [2.24, 2.45) is 0 Å². The highest BCUT2D eigenvalue weighted by molar-refractivity contribution is 5.52. The van der Waals surface area contributed by atoms with Crippen LogP contribution in [0.25, 0.3) is 11.5 Å². The first kappa shape index (κ1) is 14.7. The molecule has 0 saturated heterocycles. The molecule has 1 N–H and O–H groups in total. The zero-order valence-electron chi connectivity index (χ0n) is 12.5. The summed E-state index contributed by atoms with van der Waals surface area (Å²) >= 11 is 0. The van der Waals surface area contributed by atoms with Crippen LogP contribution >= 0.6 is 0 Å². The van der Waals surface area contributed by atoms with Crippen molar-refractivity contribution >= 4 is 0 Å². The van der Waals surface area contributed by atoms with Gasteiger partial charge in [0, 0.05) is 18.0 Å². The Balaban J connectivity index is 1.90. The van der Waals surface area contributed by atoms with Crippen LogP contribution in [0, 0.1) is 0 Å². The van der Waals surface area contributed by atoms with Crippen LogP contribution in [-0.2, 0) is 12.8 Å².